The van der Waals surface area contributed by atoms with Crippen LogP contribution >= 0.6 is 34.8 Å². The first-order chi connectivity index (χ1) is 8.47. The fraction of sp³-hybridized carbons (Fsp3) is 0. The van der Waals surface area contributed by atoms with E-state index in [9.17, 15) is 4.79 Å². The van der Waals surface area contributed by atoms with Gasteiger partial charge in [-0.2, -0.15) is 0 Å². The number of carboxylic acid groups (broad SMARTS) is 1. The average Bonchev–Trinajstić information content (AvgIpc) is 2.26. The van der Waals surface area contributed by atoms with E-state index in [0.29, 0.717) is 21.3 Å². The second kappa shape index (κ2) is 5.14. The van der Waals surface area contributed by atoms with Crippen molar-refractivity contribution in [3.8, 4) is 11.3 Å². The van der Waals surface area contributed by atoms with Gasteiger partial charge in [0.2, 0.25) is 0 Å². The predicted octanol–water partition coefficient (Wildman–Crippen LogP) is 4.41. The number of benzene rings is 1. The largest absolute Gasteiger partial charge is 0.478 e. The van der Waals surface area contributed by atoms with Gasteiger partial charge in [0, 0.05) is 15.6 Å². The molecule has 0 spiro atoms. The number of hydrogen-bond donors (Lipinski definition) is 1. The lowest BCUT2D eigenvalue weighted by Crippen LogP contribution is -1.99. The van der Waals surface area contributed by atoms with Crippen molar-refractivity contribution < 1.29 is 9.90 Å². The van der Waals surface area contributed by atoms with Crippen molar-refractivity contribution in [2.75, 3.05) is 0 Å². The summed E-state index contributed by atoms with van der Waals surface area (Å²) in [7, 11) is 0. The number of carbonyl (C=O) groups is 1. The van der Waals surface area contributed by atoms with Crippen molar-refractivity contribution in [2.45, 2.75) is 0 Å². The van der Waals surface area contributed by atoms with Crippen LogP contribution in [0.4, 0.5) is 0 Å². The van der Waals surface area contributed by atoms with E-state index in [2.05, 4.69) is 4.98 Å². The average molecular weight is 303 g/mol. The Hall–Kier alpha value is -1.29. The second-order valence-electron chi connectivity index (χ2n) is 3.50. The van der Waals surface area contributed by atoms with Gasteiger partial charge in [0.25, 0.3) is 0 Å². The molecule has 0 bridgehead atoms. The summed E-state index contributed by atoms with van der Waals surface area (Å²) in [6, 6.07) is 7.89. The first-order valence-electron chi connectivity index (χ1n) is 4.83. The van der Waals surface area contributed by atoms with Gasteiger partial charge in [-0.15, -0.1) is 0 Å². The Kier molecular flexibility index (Phi) is 3.76. The number of pyridine rings is 1. The molecule has 0 aliphatic rings. The van der Waals surface area contributed by atoms with E-state index in [1.165, 1.54) is 6.07 Å². The number of carboxylic acids is 1. The van der Waals surface area contributed by atoms with Gasteiger partial charge in [0.05, 0.1) is 11.3 Å². The van der Waals surface area contributed by atoms with Crippen molar-refractivity contribution in [1.29, 1.82) is 0 Å². The summed E-state index contributed by atoms with van der Waals surface area (Å²) in [5.41, 5.74) is 1.13. The smallest absolute Gasteiger partial charge is 0.338 e. The molecule has 1 heterocycles. The quantitative estimate of drug-likeness (QED) is 0.836. The van der Waals surface area contributed by atoms with Gasteiger partial charge < -0.3 is 5.11 Å². The fourth-order valence-electron chi connectivity index (χ4n) is 1.46. The molecule has 0 amide bonds. The molecule has 0 saturated heterocycles. The van der Waals surface area contributed by atoms with Gasteiger partial charge in [-0.05, 0) is 30.3 Å². The SMILES string of the molecule is O=C(O)c1ccc(-c2cc(Cl)cc(Cl)c2)nc1Cl. The van der Waals surface area contributed by atoms with E-state index < -0.39 is 5.97 Å². The third-order valence-corrected chi connectivity index (χ3v) is 2.96. The lowest BCUT2D eigenvalue weighted by Gasteiger charge is -2.05. The summed E-state index contributed by atoms with van der Waals surface area (Å²) in [6.07, 6.45) is 0. The summed E-state index contributed by atoms with van der Waals surface area (Å²) in [5.74, 6) is -1.12. The molecule has 2 aromatic rings. The molecule has 0 radical (unpaired) electrons. The fourth-order valence-corrected chi connectivity index (χ4v) is 2.22. The van der Waals surface area contributed by atoms with Gasteiger partial charge >= 0.3 is 5.97 Å². The van der Waals surface area contributed by atoms with Gasteiger partial charge in [0.1, 0.15) is 5.15 Å². The standard InChI is InChI=1S/C12H6Cl3NO2/c13-7-3-6(4-8(14)5-7)10-2-1-9(12(17)18)11(15)16-10/h1-5H,(H,17,18). The third-order valence-electron chi connectivity index (χ3n) is 2.24. The molecule has 2 rings (SSSR count). The minimum absolute atomic E-state index is 0.0476. The summed E-state index contributed by atoms with van der Waals surface area (Å²) < 4.78 is 0. The van der Waals surface area contributed by atoms with E-state index in [1.54, 1.807) is 24.3 Å². The molecule has 92 valence electrons. The minimum Gasteiger partial charge on any atom is -0.478 e. The van der Waals surface area contributed by atoms with E-state index in [-0.39, 0.29) is 10.7 Å². The highest BCUT2D eigenvalue weighted by molar-refractivity contribution is 6.35. The Morgan fingerprint density at radius 2 is 1.67 bits per heavy atom. The molecule has 6 heteroatoms. The van der Waals surface area contributed by atoms with E-state index >= 15 is 0 Å². The highest BCUT2D eigenvalue weighted by Gasteiger charge is 2.11. The number of halogens is 3. The normalized spacial score (nSPS) is 10.4. The van der Waals surface area contributed by atoms with E-state index in [0.717, 1.165) is 0 Å². The van der Waals surface area contributed by atoms with Crippen LogP contribution in [0.1, 0.15) is 10.4 Å². The van der Waals surface area contributed by atoms with Gasteiger partial charge in [-0.25, -0.2) is 9.78 Å². The molecule has 0 saturated carbocycles. The zero-order valence-corrected chi connectivity index (χ0v) is 11.1. The van der Waals surface area contributed by atoms with Crippen molar-refractivity contribution in [3.05, 3.63) is 51.1 Å². The van der Waals surface area contributed by atoms with Crippen LogP contribution in [-0.4, -0.2) is 16.1 Å². The molecule has 0 aliphatic carbocycles. The Labute approximate surface area is 118 Å². The molecule has 0 atom stereocenters. The van der Waals surface area contributed by atoms with Gasteiger partial charge in [-0.1, -0.05) is 34.8 Å². The Morgan fingerprint density at radius 3 is 2.17 bits per heavy atom. The lowest BCUT2D eigenvalue weighted by molar-refractivity contribution is 0.0696. The zero-order chi connectivity index (χ0) is 13.3. The van der Waals surface area contributed by atoms with Crippen LogP contribution in [0.15, 0.2) is 30.3 Å². The van der Waals surface area contributed by atoms with Crippen molar-refractivity contribution in [1.82, 2.24) is 4.98 Å². The first kappa shape index (κ1) is 13.1. The molecule has 1 aromatic heterocycles. The van der Waals surface area contributed by atoms with Crippen LogP contribution in [0.2, 0.25) is 15.2 Å². The minimum atomic E-state index is -1.12. The van der Waals surface area contributed by atoms with Crippen molar-refractivity contribution >= 4 is 40.8 Å². The summed E-state index contributed by atoms with van der Waals surface area (Å²) >= 11 is 17.6. The van der Waals surface area contributed by atoms with Crippen LogP contribution in [0.3, 0.4) is 0 Å². The maximum Gasteiger partial charge on any atom is 0.338 e. The first-order valence-corrected chi connectivity index (χ1v) is 5.97. The van der Waals surface area contributed by atoms with E-state index in [4.69, 9.17) is 39.9 Å². The second-order valence-corrected chi connectivity index (χ2v) is 4.73. The Morgan fingerprint density at radius 1 is 1.06 bits per heavy atom. The number of nitrogens with zero attached hydrogens (tertiary/aromatic N) is 1. The Bertz CT molecular complexity index is 608. The monoisotopic (exact) mass is 301 g/mol. The molecule has 1 N–H and O–H groups in total. The summed E-state index contributed by atoms with van der Waals surface area (Å²) in [5, 5.41) is 9.72. The van der Waals surface area contributed by atoms with E-state index in [1.807, 2.05) is 0 Å². The van der Waals surface area contributed by atoms with Crippen LogP contribution < -0.4 is 0 Å². The van der Waals surface area contributed by atoms with Crippen LogP contribution in [0.5, 0.6) is 0 Å². The predicted molar refractivity (Wildman–Crippen MR) is 71.7 cm³/mol. The maximum atomic E-state index is 10.8. The molecular weight excluding hydrogens is 296 g/mol. The third kappa shape index (κ3) is 2.75. The molecule has 18 heavy (non-hydrogen) atoms. The molecule has 0 fully saturated rings. The van der Waals surface area contributed by atoms with Crippen LogP contribution in [0, 0.1) is 0 Å². The molecule has 0 aliphatic heterocycles. The van der Waals surface area contributed by atoms with Crippen LogP contribution in [-0.2, 0) is 0 Å². The number of rotatable bonds is 2. The summed E-state index contributed by atoms with van der Waals surface area (Å²) in [4.78, 5) is 14.8. The van der Waals surface area contributed by atoms with Gasteiger partial charge in [-0.3, -0.25) is 0 Å². The molecule has 0 unspecified atom stereocenters. The lowest BCUT2D eigenvalue weighted by atomic mass is 10.1. The number of hydrogen-bond acceptors (Lipinski definition) is 2. The molecule has 3 nitrogen and oxygen atoms in total. The number of aromatic nitrogens is 1. The Balaban J connectivity index is 2.52. The molecule has 1 aromatic carbocycles. The number of aromatic carboxylic acids is 1. The highest BCUT2D eigenvalue weighted by atomic mass is 35.5. The highest BCUT2D eigenvalue weighted by Crippen LogP contribution is 2.27. The summed E-state index contributed by atoms with van der Waals surface area (Å²) in [6.45, 7) is 0. The topological polar surface area (TPSA) is 50.2 Å². The zero-order valence-electron chi connectivity index (χ0n) is 8.82. The molecular formula is C12H6Cl3NO2. The van der Waals surface area contributed by atoms with Crippen LogP contribution in [0.25, 0.3) is 11.3 Å². The maximum absolute atomic E-state index is 10.8. The van der Waals surface area contributed by atoms with Gasteiger partial charge in [0.15, 0.2) is 0 Å². The van der Waals surface area contributed by atoms with Crippen molar-refractivity contribution in [3.63, 3.8) is 0 Å². The van der Waals surface area contributed by atoms with Crippen molar-refractivity contribution in [2.24, 2.45) is 0 Å².